The lowest BCUT2D eigenvalue weighted by atomic mass is 9.87. The van der Waals surface area contributed by atoms with Crippen molar-refractivity contribution in [3.05, 3.63) is 120 Å². The van der Waals surface area contributed by atoms with Crippen LogP contribution in [0.25, 0.3) is 0 Å². The summed E-state index contributed by atoms with van der Waals surface area (Å²) < 4.78 is 12.3. The highest BCUT2D eigenvalue weighted by Crippen LogP contribution is 2.43. The van der Waals surface area contributed by atoms with E-state index in [2.05, 4.69) is 60.7 Å². The van der Waals surface area contributed by atoms with E-state index in [-0.39, 0.29) is 17.4 Å². The van der Waals surface area contributed by atoms with Gasteiger partial charge >= 0.3 is 0 Å². The molecule has 1 aliphatic carbocycles. The first-order valence-corrected chi connectivity index (χ1v) is 11.8. The number of hydrogen-bond donors (Lipinski definition) is 1. The molecule has 3 aromatic rings. The van der Waals surface area contributed by atoms with Crippen LogP contribution in [0.4, 0.5) is 0 Å². The molecular weight excluding hydrogens is 408 g/mol. The first-order chi connectivity index (χ1) is 16.2. The van der Waals surface area contributed by atoms with Gasteiger partial charge in [0.1, 0.15) is 0 Å². The Bertz CT molecular complexity index is 924. The van der Waals surface area contributed by atoms with E-state index in [0.717, 1.165) is 24.0 Å². The molecule has 3 nitrogen and oxygen atoms in total. The van der Waals surface area contributed by atoms with Crippen molar-refractivity contribution in [3.8, 4) is 0 Å². The molecular formula is C30H34O3. The third kappa shape index (κ3) is 7.13. The molecule has 1 saturated carbocycles. The number of hydrogen-bond acceptors (Lipinski definition) is 3. The second-order valence-electron chi connectivity index (χ2n) is 9.21. The van der Waals surface area contributed by atoms with Gasteiger partial charge in [-0.2, -0.15) is 0 Å². The van der Waals surface area contributed by atoms with Gasteiger partial charge in [0, 0.05) is 11.3 Å². The van der Waals surface area contributed by atoms with Crippen LogP contribution >= 0.6 is 0 Å². The maximum absolute atomic E-state index is 10.9. The zero-order valence-electron chi connectivity index (χ0n) is 19.2. The average molecular weight is 443 g/mol. The molecule has 4 rings (SSSR count). The lowest BCUT2D eigenvalue weighted by molar-refractivity contribution is -0.0354. The van der Waals surface area contributed by atoms with E-state index < -0.39 is 0 Å². The van der Waals surface area contributed by atoms with Crippen molar-refractivity contribution in [2.24, 2.45) is 11.3 Å². The third-order valence-electron chi connectivity index (χ3n) is 6.42. The summed E-state index contributed by atoms with van der Waals surface area (Å²) in [5.41, 5.74) is 3.42. The van der Waals surface area contributed by atoms with E-state index in [9.17, 15) is 5.11 Å². The summed E-state index contributed by atoms with van der Waals surface area (Å²) in [6, 6.07) is 30.9. The van der Waals surface area contributed by atoms with Crippen LogP contribution in [-0.4, -0.2) is 24.4 Å². The Hall–Kier alpha value is -2.72. The van der Waals surface area contributed by atoms with Gasteiger partial charge in [-0.1, -0.05) is 103 Å². The predicted molar refractivity (Wildman–Crippen MR) is 133 cm³/mol. The largest absolute Gasteiger partial charge is 0.392 e. The zero-order chi connectivity index (χ0) is 22.8. The Labute approximate surface area is 197 Å². The Morgan fingerprint density at radius 3 is 1.70 bits per heavy atom. The van der Waals surface area contributed by atoms with Gasteiger partial charge in [-0.15, -0.1) is 0 Å². The lowest BCUT2D eigenvalue weighted by Crippen LogP contribution is -2.30. The fourth-order valence-corrected chi connectivity index (χ4v) is 4.70. The van der Waals surface area contributed by atoms with Crippen LogP contribution in [0.5, 0.6) is 0 Å². The number of aliphatic hydroxyl groups is 1. The highest BCUT2D eigenvalue weighted by Gasteiger charge is 2.44. The van der Waals surface area contributed by atoms with Crippen LogP contribution in [-0.2, 0) is 29.1 Å². The zero-order valence-corrected chi connectivity index (χ0v) is 19.2. The van der Waals surface area contributed by atoms with Crippen molar-refractivity contribution in [1.29, 1.82) is 0 Å². The molecule has 0 heterocycles. The van der Waals surface area contributed by atoms with E-state index >= 15 is 0 Å². The predicted octanol–water partition coefficient (Wildman–Crippen LogP) is 5.98. The Morgan fingerprint density at radius 1 is 0.697 bits per heavy atom. The van der Waals surface area contributed by atoms with E-state index in [1.165, 1.54) is 5.56 Å². The second kappa shape index (κ2) is 11.9. The minimum atomic E-state index is -0.377. The minimum Gasteiger partial charge on any atom is -0.392 e. The fraction of sp³-hybridized carbons (Fsp3) is 0.333. The smallest absolute Gasteiger partial charge is 0.0717 e. The fourth-order valence-electron chi connectivity index (χ4n) is 4.70. The van der Waals surface area contributed by atoms with Gasteiger partial charge < -0.3 is 14.6 Å². The molecule has 0 radical (unpaired) electrons. The molecule has 0 aromatic heterocycles. The SMILES string of the molecule is O[C@H]1CC(COCc2ccccc2)(COCc2ccccc2)CC1/C=C\Cc1ccccc1. The highest BCUT2D eigenvalue weighted by atomic mass is 16.5. The monoisotopic (exact) mass is 442 g/mol. The van der Waals surface area contributed by atoms with Gasteiger partial charge in [0.25, 0.3) is 0 Å². The summed E-state index contributed by atoms with van der Waals surface area (Å²) in [7, 11) is 0. The lowest BCUT2D eigenvalue weighted by Gasteiger charge is -2.29. The number of aliphatic hydroxyl groups excluding tert-OH is 1. The number of rotatable bonds is 11. The summed E-state index contributed by atoms with van der Waals surface area (Å²) in [6.07, 6.45) is 6.44. The molecule has 0 aliphatic heterocycles. The van der Waals surface area contributed by atoms with Crippen molar-refractivity contribution >= 4 is 0 Å². The van der Waals surface area contributed by atoms with E-state index in [4.69, 9.17) is 9.47 Å². The van der Waals surface area contributed by atoms with Crippen molar-refractivity contribution in [2.75, 3.05) is 13.2 Å². The molecule has 1 aliphatic rings. The number of ether oxygens (including phenoxy) is 2. The van der Waals surface area contributed by atoms with Crippen LogP contribution in [0, 0.1) is 11.3 Å². The molecule has 33 heavy (non-hydrogen) atoms. The van der Waals surface area contributed by atoms with Crippen molar-refractivity contribution in [3.63, 3.8) is 0 Å². The summed E-state index contributed by atoms with van der Waals surface area (Å²) in [5, 5.41) is 10.9. The molecule has 1 N–H and O–H groups in total. The van der Waals surface area contributed by atoms with Crippen LogP contribution in [0.1, 0.15) is 29.5 Å². The van der Waals surface area contributed by atoms with Gasteiger partial charge in [0.2, 0.25) is 0 Å². The molecule has 172 valence electrons. The summed E-state index contributed by atoms with van der Waals surface area (Å²) >= 11 is 0. The van der Waals surface area contributed by atoms with Gasteiger partial charge in [-0.3, -0.25) is 0 Å². The van der Waals surface area contributed by atoms with Gasteiger partial charge in [-0.05, 0) is 36.0 Å². The number of allylic oxidation sites excluding steroid dienone is 1. The van der Waals surface area contributed by atoms with Crippen molar-refractivity contribution in [2.45, 2.75) is 38.6 Å². The third-order valence-corrected chi connectivity index (χ3v) is 6.42. The molecule has 0 amide bonds. The summed E-state index contributed by atoms with van der Waals surface area (Å²) in [4.78, 5) is 0. The summed E-state index contributed by atoms with van der Waals surface area (Å²) in [5.74, 6) is 0.120. The van der Waals surface area contributed by atoms with Crippen LogP contribution < -0.4 is 0 Å². The highest BCUT2D eigenvalue weighted by molar-refractivity contribution is 5.18. The molecule has 0 bridgehead atoms. The molecule has 3 aromatic carbocycles. The second-order valence-corrected chi connectivity index (χ2v) is 9.21. The summed E-state index contributed by atoms with van der Waals surface area (Å²) in [6.45, 7) is 2.31. The first kappa shape index (κ1) is 23.4. The van der Waals surface area contributed by atoms with Gasteiger partial charge in [0.05, 0.1) is 32.5 Å². The van der Waals surface area contributed by atoms with Crippen molar-refractivity contribution < 1.29 is 14.6 Å². The minimum absolute atomic E-state index is 0.120. The first-order valence-electron chi connectivity index (χ1n) is 11.8. The standard InChI is InChI=1S/C30H34O3/c31-29-20-30(23-32-21-26-13-6-2-7-14-26,24-33-22-27-15-8-3-9-16-27)19-28(29)18-10-17-25-11-4-1-5-12-25/h1-16,18,28-29,31H,17,19-24H2/b18-10-/t28?,29-/m0/s1. The van der Waals surface area contributed by atoms with E-state index in [1.54, 1.807) is 0 Å². The Balaban J connectivity index is 1.37. The maximum Gasteiger partial charge on any atom is 0.0717 e. The topological polar surface area (TPSA) is 38.7 Å². The van der Waals surface area contributed by atoms with E-state index in [1.807, 2.05) is 42.5 Å². The quantitative estimate of drug-likeness (QED) is 0.372. The molecule has 3 heteroatoms. The van der Waals surface area contributed by atoms with Crippen LogP contribution in [0.3, 0.4) is 0 Å². The molecule has 1 unspecified atom stereocenters. The van der Waals surface area contributed by atoms with Crippen LogP contribution in [0.15, 0.2) is 103 Å². The van der Waals surface area contributed by atoms with Crippen LogP contribution in [0.2, 0.25) is 0 Å². The molecule has 0 spiro atoms. The Morgan fingerprint density at radius 2 is 1.18 bits per heavy atom. The molecule has 2 atom stereocenters. The Kier molecular flexibility index (Phi) is 8.48. The van der Waals surface area contributed by atoms with Crippen molar-refractivity contribution in [1.82, 2.24) is 0 Å². The number of benzene rings is 3. The maximum atomic E-state index is 10.9. The molecule has 1 fully saturated rings. The van der Waals surface area contributed by atoms with Gasteiger partial charge in [0.15, 0.2) is 0 Å². The molecule has 0 saturated heterocycles. The van der Waals surface area contributed by atoms with E-state index in [0.29, 0.717) is 32.8 Å². The van der Waals surface area contributed by atoms with Gasteiger partial charge in [-0.25, -0.2) is 0 Å². The normalized spacial score (nSPS) is 19.8. The average Bonchev–Trinajstić information content (AvgIpc) is 3.16.